The number of hydrogen-bond donors (Lipinski definition) is 4. The van der Waals surface area contributed by atoms with Crippen LogP contribution in [0.15, 0.2) is 59.0 Å². The molecule has 0 saturated heterocycles. The summed E-state index contributed by atoms with van der Waals surface area (Å²) < 4.78 is 4.33. The van der Waals surface area contributed by atoms with Gasteiger partial charge in [0.15, 0.2) is 0 Å². The lowest BCUT2D eigenvalue weighted by Gasteiger charge is -2.26. The Morgan fingerprint density at radius 3 is 1.41 bits per heavy atom. The highest BCUT2D eigenvalue weighted by Gasteiger charge is 2.26. The largest absolute Gasteiger partial charge is 0.507 e. The first-order chi connectivity index (χ1) is 21.7. The molecule has 2 heterocycles. The van der Waals surface area contributed by atoms with Gasteiger partial charge in [0.25, 0.3) is 11.6 Å². The zero-order valence-electron chi connectivity index (χ0n) is 28.9. The number of hydrogen-bond acceptors (Lipinski definition) is 4. The average molecular weight is 625 g/mol. The highest BCUT2D eigenvalue weighted by atomic mass is 16.3. The van der Waals surface area contributed by atoms with E-state index < -0.39 is 0 Å². The minimum Gasteiger partial charge on any atom is -0.507 e. The number of nitrogens with one attached hydrogen (secondary N) is 2. The van der Waals surface area contributed by atoms with Crippen molar-refractivity contribution >= 4 is 12.4 Å². The van der Waals surface area contributed by atoms with Crippen molar-refractivity contribution in [3.63, 3.8) is 0 Å². The molecule has 5 rings (SSSR count). The maximum Gasteiger partial charge on any atom is 0.251 e. The summed E-state index contributed by atoms with van der Waals surface area (Å²) in [4.78, 5) is 16.6. The van der Waals surface area contributed by atoms with E-state index in [4.69, 9.17) is 9.98 Å². The van der Waals surface area contributed by atoms with Gasteiger partial charge in [0.2, 0.25) is 0 Å². The molecule has 0 bridgehead atoms. The lowest BCUT2D eigenvalue weighted by molar-refractivity contribution is -0.693. The minimum absolute atomic E-state index is 0.00194. The molecule has 2 aromatic carbocycles. The lowest BCUT2D eigenvalue weighted by atomic mass is 9.84. The summed E-state index contributed by atoms with van der Waals surface area (Å²) in [5, 5.41) is 22.7. The standard InChI is InChI=1S/C38H50N6O2/c1-25-39-13-15-43(25)23-27-17-29(35(45)31(19-27)37(3,4)5)21-41-33-11-9-10-12-34(33)42-22-30-18-28(24-44-16-14-40-26(44)2)20-32(36(30)46)38(6,7)8/h13-22,33-34H,9-12,23-24H2,1-8H3,(H2,41,42,45,46)/p+2/t33-,34-/m1/s1. The Balaban J connectivity index is 1.44. The van der Waals surface area contributed by atoms with Crippen LogP contribution in [0.2, 0.25) is 0 Å². The van der Waals surface area contributed by atoms with E-state index in [-0.39, 0.29) is 22.9 Å². The van der Waals surface area contributed by atoms with Gasteiger partial charge in [-0.3, -0.25) is 9.98 Å². The van der Waals surface area contributed by atoms with Crippen molar-refractivity contribution in [1.82, 2.24) is 9.97 Å². The number of benzene rings is 2. The van der Waals surface area contributed by atoms with Gasteiger partial charge in [-0.1, -0.05) is 54.4 Å². The van der Waals surface area contributed by atoms with Gasteiger partial charge in [-0.25, -0.2) is 19.1 Å². The van der Waals surface area contributed by atoms with Crippen LogP contribution in [0.1, 0.15) is 112 Å². The van der Waals surface area contributed by atoms with Crippen molar-refractivity contribution in [3.05, 3.63) is 94.1 Å². The predicted molar refractivity (Wildman–Crippen MR) is 184 cm³/mol. The highest BCUT2D eigenvalue weighted by molar-refractivity contribution is 5.86. The van der Waals surface area contributed by atoms with E-state index in [0.29, 0.717) is 24.6 Å². The third kappa shape index (κ3) is 7.60. The third-order valence-corrected chi connectivity index (χ3v) is 9.18. The number of H-pyrrole nitrogens is 2. The number of nitrogens with zero attached hydrogens (tertiary/aromatic N) is 4. The topological polar surface area (TPSA) is 105 Å². The van der Waals surface area contributed by atoms with Gasteiger partial charge < -0.3 is 10.2 Å². The second-order valence-corrected chi connectivity index (χ2v) is 15.0. The van der Waals surface area contributed by atoms with E-state index in [1.54, 1.807) is 0 Å². The van der Waals surface area contributed by atoms with Crippen molar-refractivity contribution in [3.8, 4) is 11.5 Å². The van der Waals surface area contributed by atoms with Gasteiger partial charge in [-0.2, -0.15) is 0 Å². The fourth-order valence-electron chi connectivity index (χ4n) is 6.37. The summed E-state index contributed by atoms with van der Waals surface area (Å²) >= 11 is 0. The number of aromatic hydroxyl groups is 2. The average Bonchev–Trinajstić information content (AvgIpc) is 3.58. The summed E-state index contributed by atoms with van der Waals surface area (Å²) in [6, 6.07) is 8.33. The molecule has 46 heavy (non-hydrogen) atoms. The van der Waals surface area contributed by atoms with Crippen LogP contribution < -0.4 is 9.13 Å². The molecule has 1 fully saturated rings. The Hall–Kier alpha value is -4.20. The van der Waals surface area contributed by atoms with Gasteiger partial charge in [-0.05, 0) is 59.1 Å². The lowest BCUT2D eigenvalue weighted by Crippen LogP contribution is -2.35. The van der Waals surface area contributed by atoms with Crippen molar-refractivity contribution in [1.29, 1.82) is 0 Å². The molecular weight excluding hydrogens is 572 g/mol. The van der Waals surface area contributed by atoms with E-state index in [2.05, 4.69) is 98.8 Å². The number of aryl methyl sites for hydroxylation is 2. The van der Waals surface area contributed by atoms with Gasteiger partial charge in [0, 0.05) is 48.5 Å². The van der Waals surface area contributed by atoms with Gasteiger partial charge in [0.05, 0.1) is 12.1 Å². The van der Waals surface area contributed by atoms with Gasteiger partial charge in [-0.15, -0.1) is 0 Å². The first kappa shape index (κ1) is 33.2. The summed E-state index contributed by atoms with van der Waals surface area (Å²) in [6.45, 7) is 18.3. The van der Waals surface area contributed by atoms with Crippen molar-refractivity contribution < 1.29 is 19.3 Å². The summed E-state index contributed by atoms with van der Waals surface area (Å²) in [7, 11) is 0. The molecule has 244 valence electrons. The molecule has 8 heteroatoms. The number of aliphatic imine (C=N–C) groups is 2. The monoisotopic (exact) mass is 624 g/mol. The molecule has 0 unspecified atom stereocenters. The van der Waals surface area contributed by atoms with Crippen LogP contribution in [0.25, 0.3) is 0 Å². The van der Waals surface area contributed by atoms with Crippen molar-refractivity contribution in [2.75, 3.05) is 0 Å². The first-order valence-electron chi connectivity index (χ1n) is 16.6. The van der Waals surface area contributed by atoms with E-state index in [9.17, 15) is 10.2 Å². The zero-order valence-corrected chi connectivity index (χ0v) is 28.9. The quantitative estimate of drug-likeness (QED) is 0.133. The van der Waals surface area contributed by atoms with E-state index >= 15 is 0 Å². The molecule has 0 amide bonds. The highest BCUT2D eigenvalue weighted by Crippen LogP contribution is 2.36. The third-order valence-electron chi connectivity index (χ3n) is 9.18. The van der Waals surface area contributed by atoms with Crippen LogP contribution in [-0.2, 0) is 23.9 Å². The Morgan fingerprint density at radius 1 is 0.696 bits per heavy atom. The molecule has 8 nitrogen and oxygen atoms in total. The van der Waals surface area contributed by atoms with Gasteiger partial charge in [0.1, 0.15) is 49.4 Å². The van der Waals surface area contributed by atoms with Crippen molar-refractivity contribution in [2.24, 2.45) is 9.98 Å². The molecule has 4 aromatic rings. The van der Waals surface area contributed by atoms with E-state index in [1.165, 1.54) is 0 Å². The van der Waals surface area contributed by atoms with Gasteiger partial charge >= 0.3 is 0 Å². The fourth-order valence-corrected chi connectivity index (χ4v) is 6.37. The summed E-state index contributed by atoms with van der Waals surface area (Å²) in [5.74, 6) is 2.73. The second kappa shape index (κ2) is 13.3. The normalized spacial score (nSPS) is 17.8. The Morgan fingerprint density at radius 2 is 1.09 bits per heavy atom. The molecule has 1 saturated carbocycles. The van der Waals surface area contributed by atoms with Crippen molar-refractivity contribution in [2.45, 2.75) is 117 Å². The first-order valence-corrected chi connectivity index (χ1v) is 16.6. The van der Waals surface area contributed by atoms with Crippen LogP contribution in [0, 0.1) is 13.8 Å². The summed E-state index contributed by atoms with van der Waals surface area (Å²) in [6.07, 6.45) is 15.7. The Bertz CT molecular complexity index is 1600. The second-order valence-electron chi connectivity index (χ2n) is 15.0. The SMILES string of the molecule is Cc1[nH]cc[n+]1Cc1cc(C=N[C@@H]2CCCC[C@H]2N=Cc2cc(C[n+]3cc[nH]c3C)cc(C(C)(C)C)c2O)c(O)c(C(C)(C)C)c1. The summed E-state index contributed by atoms with van der Waals surface area (Å²) in [5.41, 5.74) is 5.09. The van der Waals surface area contributed by atoms with Crippen LogP contribution >= 0.6 is 0 Å². The smallest absolute Gasteiger partial charge is 0.251 e. The molecule has 0 aliphatic heterocycles. The number of imidazole rings is 2. The molecular formula is C38H52N6O2+2. The number of aromatic amines is 2. The fraction of sp³-hybridized carbons (Fsp3) is 0.474. The minimum atomic E-state index is -0.223. The number of aromatic nitrogens is 4. The Labute approximate surface area is 274 Å². The molecule has 1 aliphatic rings. The molecule has 1 aliphatic carbocycles. The zero-order chi connectivity index (χ0) is 33.2. The number of rotatable bonds is 8. The maximum absolute atomic E-state index is 11.4. The number of phenolic OH excluding ortho intramolecular Hbond substituents is 2. The van der Waals surface area contributed by atoms with Crippen LogP contribution in [0.5, 0.6) is 11.5 Å². The Kier molecular flexibility index (Phi) is 9.57. The maximum atomic E-state index is 11.4. The van der Waals surface area contributed by atoms with E-state index in [1.807, 2.05) is 37.2 Å². The molecule has 2 atom stereocenters. The molecule has 2 aromatic heterocycles. The predicted octanol–water partition coefficient (Wildman–Crippen LogP) is 6.49. The molecule has 0 radical (unpaired) electrons. The molecule has 0 spiro atoms. The van der Waals surface area contributed by atoms with Crippen LogP contribution in [0.4, 0.5) is 0 Å². The molecule has 4 N–H and O–H groups in total. The van der Waals surface area contributed by atoms with E-state index in [0.717, 1.165) is 70.7 Å². The van der Waals surface area contributed by atoms with Crippen LogP contribution in [0.3, 0.4) is 0 Å². The van der Waals surface area contributed by atoms with Crippen LogP contribution in [-0.4, -0.2) is 44.7 Å². The number of phenols is 2.